The van der Waals surface area contributed by atoms with E-state index < -0.39 is 0 Å². The van der Waals surface area contributed by atoms with Gasteiger partial charge in [0.1, 0.15) is 5.82 Å². The molecule has 17 heavy (non-hydrogen) atoms. The lowest BCUT2D eigenvalue weighted by atomic mass is 9.82. The molecule has 2 unspecified atom stereocenters. The van der Waals surface area contributed by atoms with Crippen molar-refractivity contribution in [2.75, 3.05) is 13.1 Å². The van der Waals surface area contributed by atoms with Crippen molar-refractivity contribution in [1.29, 1.82) is 0 Å². The fourth-order valence-electron chi connectivity index (χ4n) is 2.27. The van der Waals surface area contributed by atoms with Crippen LogP contribution in [0.2, 0.25) is 0 Å². The highest BCUT2D eigenvalue weighted by Gasteiger charge is 2.28. The average Bonchev–Trinajstić information content (AvgIpc) is 2.32. The van der Waals surface area contributed by atoms with Crippen molar-refractivity contribution in [2.24, 2.45) is 11.8 Å². The van der Waals surface area contributed by atoms with E-state index in [1.165, 1.54) is 6.07 Å². The van der Waals surface area contributed by atoms with Crippen molar-refractivity contribution in [2.45, 2.75) is 13.3 Å². The third kappa shape index (κ3) is 2.75. The smallest absolute Gasteiger partial charge is 0.166 e. The third-order valence-corrected chi connectivity index (χ3v) is 3.93. The molecule has 2 atom stereocenters. The van der Waals surface area contributed by atoms with Crippen LogP contribution < -0.4 is 5.32 Å². The van der Waals surface area contributed by atoms with Crippen LogP contribution >= 0.6 is 15.9 Å². The van der Waals surface area contributed by atoms with Crippen LogP contribution in [-0.4, -0.2) is 18.9 Å². The number of ketones is 1. The number of halogens is 2. The van der Waals surface area contributed by atoms with Crippen LogP contribution in [-0.2, 0) is 0 Å². The second-order valence-electron chi connectivity index (χ2n) is 4.57. The molecule has 1 fully saturated rings. The first-order valence-corrected chi connectivity index (χ1v) is 6.59. The zero-order chi connectivity index (χ0) is 12.4. The fourth-order valence-corrected chi connectivity index (χ4v) is 2.65. The summed E-state index contributed by atoms with van der Waals surface area (Å²) in [6.45, 7) is 3.83. The topological polar surface area (TPSA) is 29.1 Å². The molecule has 0 radical (unpaired) electrons. The molecular formula is C13H15BrFNO. The van der Waals surface area contributed by atoms with Gasteiger partial charge in [-0.05, 0) is 59.6 Å². The first-order chi connectivity index (χ1) is 8.09. The highest BCUT2D eigenvalue weighted by atomic mass is 79.9. The number of carbonyl (C=O) groups excluding carboxylic acids is 1. The second kappa shape index (κ2) is 5.27. The molecule has 0 amide bonds. The molecule has 4 heteroatoms. The van der Waals surface area contributed by atoms with Crippen LogP contribution in [0.25, 0.3) is 0 Å². The molecule has 0 spiro atoms. The normalized spacial score (nSPS) is 24.6. The summed E-state index contributed by atoms with van der Waals surface area (Å²) in [5.41, 5.74) is 0.594. The summed E-state index contributed by atoms with van der Waals surface area (Å²) in [6, 6.07) is 4.48. The van der Waals surface area contributed by atoms with Crippen molar-refractivity contribution in [3.63, 3.8) is 0 Å². The maximum Gasteiger partial charge on any atom is 0.166 e. The Balaban J connectivity index is 2.21. The summed E-state index contributed by atoms with van der Waals surface area (Å²) in [7, 11) is 0. The number of nitrogens with one attached hydrogen (secondary N) is 1. The molecule has 1 heterocycles. The Bertz CT molecular complexity index is 435. The Morgan fingerprint density at radius 3 is 2.94 bits per heavy atom. The number of hydrogen-bond donors (Lipinski definition) is 1. The zero-order valence-electron chi connectivity index (χ0n) is 9.67. The molecule has 2 rings (SSSR count). The average molecular weight is 300 g/mol. The van der Waals surface area contributed by atoms with E-state index >= 15 is 0 Å². The van der Waals surface area contributed by atoms with Crippen LogP contribution in [0.3, 0.4) is 0 Å². The first kappa shape index (κ1) is 12.7. The van der Waals surface area contributed by atoms with Crippen molar-refractivity contribution in [1.82, 2.24) is 5.32 Å². The Morgan fingerprint density at radius 1 is 1.53 bits per heavy atom. The van der Waals surface area contributed by atoms with Crippen molar-refractivity contribution in [3.8, 4) is 0 Å². The van der Waals surface area contributed by atoms with E-state index in [2.05, 4.69) is 28.2 Å². The van der Waals surface area contributed by atoms with E-state index in [0.29, 0.717) is 16.0 Å². The number of Topliss-reactive ketones (excluding diaryl/α,β-unsaturated/α-hetero) is 1. The van der Waals surface area contributed by atoms with Gasteiger partial charge in [-0.1, -0.05) is 6.92 Å². The van der Waals surface area contributed by atoms with E-state index in [0.717, 1.165) is 19.5 Å². The van der Waals surface area contributed by atoms with Gasteiger partial charge in [-0.15, -0.1) is 0 Å². The standard InChI is InChI=1S/C13H15BrFNO/c1-8-7-16-5-4-10(8)13(17)9-2-3-12(15)11(14)6-9/h2-3,6,8,10,16H,4-5,7H2,1H3. The van der Waals surface area contributed by atoms with Crippen LogP contribution in [0.5, 0.6) is 0 Å². The predicted molar refractivity (Wildman–Crippen MR) is 68.6 cm³/mol. The maximum absolute atomic E-state index is 13.1. The van der Waals surface area contributed by atoms with Gasteiger partial charge in [-0.2, -0.15) is 0 Å². The molecule has 0 bridgehead atoms. The lowest BCUT2D eigenvalue weighted by Crippen LogP contribution is -2.38. The highest BCUT2D eigenvalue weighted by molar-refractivity contribution is 9.10. The minimum atomic E-state index is -0.333. The van der Waals surface area contributed by atoms with Crippen LogP contribution in [0, 0.1) is 17.7 Å². The zero-order valence-corrected chi connectivity index (χ0v) is 11.3. The molecule has 1 aliphatic heterocycles. The number of carbonyl (C=O) groups is 1. The van der Waals surface area contributed by atoms with Gasteiger partial charge in [0.25, 0.3) is 0 Å². The molecule has 1 aliphatic rings. The van der Waals surface area contributed by atoms with E-state index in [-0.39, 0.29) is 17.5 Å². The van der Waals surface area contributed by atoms with Gasteiger partial charge in [0.2, 0.25) is 0 Å². The number of benzene rings is 1. The van der Waals surface area contributed by atoms with E-state index in [4.69, 9.17) is 0 Å². The summed E-state index contributed by atoms with van der Waals surface area (Å²) in [5.74, 6) is 0.174. The summed E-state index contributed by atoms with van der Waals surface area (Å²) in [4.78, 5) is 12.3. The number of hydrogen-bond acceptors (Lipinski definition) is 2. The third-order valence-electron chi connectivity index (χ3n) is 3.33. The van der Waals surface area contributed by atoms with Crippen LogP contribution in [0.15, 0.2) is 22.7 Å². The Labute approximate surface area is 109 Å². The highest BCUT2D eigenvalue weighted by Crippen LogP contribution is 2.25. The fraction of sp³-hybridized carbons (Fsp3) is 0.462. The molecule has 1 saturated heterocycles. The van der Waals surface area contributed by atoms with Crippen molar-refractivity contribution >= 4 is 21.7 Å². The van der Waals surface area contributed by atoms with Gasteiger partial charge in [0, 0.05) is 11.5 Å². The SMILES string of the molecule is CC1CNCCC1C(=O)c1ccc(F)c(Br)c1. The number of rotatable bonds is 2. The largest absolute Gasteiger partial charge is 0.316 e. The van der Waals surface area contributed by atoms with E-state index in [9.17, 15) is 9.18 Å². The number of piperidine rings is 1. The summed E-state index contributed by atoms with van der Waals surface area (Å²) in [5, 5.41) is 3.27. The molecule has 1 aromatic carbocycles. The van der Waals surface area contributed by atoms with Crippen LogP contribution in [0.1, 0.15) is 23.7 Å². The maximum atomic E-state index is 13.1. The van der Waals surface area contributed by atoms with E-state index in [1.807, 2.05) is 0 Å². The molecule has 92 valence electrons. The Morgan fingerprint density at radius 2 is 2.29 bits per heavy atom. The van der Waals surface area contributed by atoms with Crippen molar-refractivity contribution in [3.05, 3.63) is 34.1 Å². The molecular weight excluding hydrogens is 285 g/mol. The minimum absolute atomic E-state index is 0.0496. The lowest BCUT2D eigenvalue weighted by molar-refractivity contribution is 0.0848. The summed E-state index contributed by atoms with van der Waals surface area (Å²) < 4.78 is 13.5. The molecule has 2 nitrogen and oxygen atoms in total. The first-order valence-electron chi connectivity index (χ1n) is 5.79. The minimum Gasteiger partial charge on any atom is -0.316 e. The summed E-state index contributed by atoms with van der Waals surface area (Å²) >= 11 is 3.11. The molecule has 0 aromatic heterocycles. The monoisotopic (exact) mass is 299 g/mol. The van der Waals surface area contributed by atoms with Gasteiger partial charge in [-0.3, -0.25) is 4.79 Å². The second-order valence-corrected chi connectivity index (χ2v) is 5.42. The predicted octanol–water partition coefficient (Wildman–Crippen LogP) is 3.02. The lowest BCUT2D eigenvalue weighted by Gasteiger charge is -2.28. The Hall–Kier alpha value is -0.740. The van der Waals surface area contributed by atoms with Gasteiger partial charge < -0.3 is 5.32 Å². The Kier molecular flexibility index (Phi) is 3.94. The summed E-state index contributed by atoms with van der Waals surface area (Å²) in [6.07, 6.45) is 0.856. The van der Waals surface area contributed by atoms with E-state index in [1.54, 1.807) is 12.1 Å². The van der Waals surface area contributed by atoms with Gasteiger partial charge in [-0.25, -0.2) is 4.39 Å². The molecule has 0 aliphatic carbocycles. The van der Waals surface area contributed by atoms with Gasteiger partial charge in [0.05, 0.1) is 4.47 Å². The molecule has 1 aromatic rings. The van der Waals surface area contributed by atoms with Gasteiger partial charge >= 0.3 is 0 Å². The molecule has 1 N–H and O–H groups in total. The van der Waals surface area contributed by atoms with Crippen LogP contribution in [0.4, 0.5) is 4.39 Å². The molecule has 0 saturated carbocycles. The van der Waals surface area contributed by atoms with Crippen molar-refractivity contribution < 1.29 is 9.18 Å². The quantitative estimate of drug-likeness (QED) is 0.851. The van der Waals surface area contributed by atoms with Gasteiger partial charge in [0.15, 0.2) is 5.78 Å².